The van der Waals surface area contributed by atoms with Crippen molar-refractivity contribution < 1.29 is 30.9 Å². The van der Waals surface area contributed by atoms with Crippen LogP contribution < -0.4 is 15.2 Å². The van der Waals surface area contributed by atoms with Gasteiger partial charge in [-0.1, -0.05) is 152 Å². The molecule has 1 aromatic heterocycles. The molecular formula is C51H31F6OPS. The van der Waals surface area contributed by atoms with Gasteiger partial charge in [-0.05, 0) is 96.2 Å². The minimum atomic E-state index is -4.77. The lowest BCUT2D eigenvalue weighted by atomic mass is 9.67. The Morgan fingerprint density at radius 1 is 0.383 bits per heavy atom. The average Bonchev–Trinajstić information content (AvgIpc) is 3.77. The van der Waals surface area contributed by atoms with E-state index in [1.54, 1.807) is 72.8 Å². The van der Waals surface area contributed by atoms with Crippen molar-refractivity contribution in [3.05, 3.63) is 221 Å². The predicted molar refractivity (Wildman–Crippen MR) is 233 cm³/mol. The van der Waals surface area contributed by atoms with Crippen LogP contribution in [0.4, 0.5) is 26.3 Å². The number of benzene rings is 9. The largest absolute Gasteiger partial charge is 0.416 e. The molecule has 0 aliphatic rings. The molecule has 0 atom stereocenters. The minimum absolute atomic E-state index is 0.108. The van der Waals surface area contributed by atoms with E-state index in [0.29, 0.717) is 25.7 Å². The zero-order valence-corrected chi connectivity index (χ0v) is 33.1. The van der Waals surface area contributed by atoms with Gasteiger partial charge in [-0.3, -0.25) is 0 Å². The molecule has 60 heavy (non-hydrogen) atoms. The molecule has 0 saturated heterocycles. The van der Waals surface area contributed by atoms with Gasteiger partial charge in [0, 0.05) is 15.5 Å². The molecular weight excluding hydrogens is 806 g/mol. The number of fused-ring (bicyclic) bond motifs is 2. The van der Waals surface area contributed by atoms with E-state index in [2.05, 4.69) is 6.07 Å². The third-order valence-corrected chi connectivity index (χ3v) is 16.5. The first-order valence-corrected chi connectivity index (χ1v) is 21.7. The Bertz CT molecular complexity index is 3170. The van der Waals surface area contributed by atoms with Crippen molar-refractivity contribution in [1.82, 2.24) is 0 Å². The zero-order chi connectivity index (χ0) is 41.4. The summed E-state index contributed by atoms with van der Waals surface area (Å²) in [6, 6.07) is 52.9. The van der Waals surface area contributed by atoms with Crippen molar-refractivity contribution in [2.45, 2.75) is 17.8 Å². The van der Waals surface area contributed by atoms with E-state index < -0.39 is 36.0 Å². The smallest absolute Gasteiger partial charge is 0.308 e. The molecule has 0 aliphatic carbocycles. The van der Waals surface area contributed by atoms with Crippen LogP contribution in [0.3, 0.4) is 0 Å². The average molecular weight is 837 g/mol. The summed E-state index contributed by atoms with van der Waals surface area (Å²) in [4.78, 5) is 0.403. The van der Waals surface area contributed by atoms with E-state index in [0.717, 1.165) is 78.7 Å². The van der Waals surface area contributed by atoms with Crippen LogP contribution in [0.15, 0.2) is 188 Å². The maximum Gasteiger partial charge on any atom is 0.416 e. The van der Waals surface area contributed by atoms with E-state index in [1.165, 1.54) is 12.1 Å². The Hall–Kier alpha value is -6.21. The highest BCUT2D eigenvalue weighted by Crippen LogP contribution is 2.54. The highest BCUT2D eigenvalue weighted by molar-refractivity contribution is 7.89. The SMILES string of the molecule is O=P(c1ccccc1)(c1ccccc1)c1ccc(C(c2cccc(C(F)(F)F)c2)(c2cccc(C(F)(F)F)c2)c2cc3cccc4c5cccc6cccc(c(c2)c34)c65)s1. The maximum atomic E-state index is 15.8. The van der Waals surface area contributed by atoms with E-state index in [-0.39, 0.29) is 11.1 Å². The van der Waals surface area contributed by atoms with Gasteiger partial charge in [0.15, 0.2) is 7.14 Å². The van der Waals surface area contributed by atoms with E-state index in [4.69, 9.17) is 0 Å². The first-order chi connectivity index (χ1) is 28.9. The van der Waals surface area contributed by atoms with Crippen molar-refractivity contribution >= 4 is 76.8 Å². The van der Waals surface area contributed by atoms with Gasteiger partial charge in [0.25, 0.3) is 0 Å². The second kappa shape index (κ2) is 13.9. The molecule has 0 saturated carbocycles. The van der Waals surface area contributed by atoms with Crippen molar-refractivity contribution in [3.63, 3.8) is 0 Å². The number of thiophene rings is 1. The van der Waals surface area contributed by atoms with Gasteiger partial charge in [0.05, 0.1) is 21.2 Å². The highest BCUT2D eigenvalue weighted by Gasteiger charge is 2.45. The number of hydrogen-bond acceptors (Lipinski definition) is 2. The van der Waals surface area contributed by atoms with Crippen molar-refractivity contribution in [3.8, 4) is 0 Å². The van der Waals surface area contributed by atoms with E-state index >= 15 is 4.57 Å². The van der Waals surface area contributed by atoms with Crippen LogP contribution in [0.1, 0.15) is 32.7 Å². The third kappa shape index (κ3) is 5.88. The summed E-state index contributed by atoms with van der Waals surface area (Å²) in [5.41, 5.74) is -3.01. The molecule has 1 nitrogen and oxygen atoms in total. The topological polar surface area (TPSA) is 17.1 Å². The number of hydrogen-bond donors (Lipinski definition) is 0. The Kier molecular flexibility index (Phi) is 8.83. The summed E-state index contributed by atoms with van der Waals surface area (Å²) in [6.07, 6.45) is -9.54. The summed E-state index contributed by atoms with van der Waals surface area (Å²) < 4.78 is 105. The van der Waals surface area contributed by atoms with Crippen LogP contribution in [-0.2, 0) is 22.3 Å². The molecule has 0 N–H and O–H groups in total. The molecule has 0 spiro atoms. The number of rotatable bonds is 7. The van der Waals surface area contributed by atoms with Gasteiger partial charge in [0.1, 0.15) is 0 Å². The standard InChI is InChI=1S/C51H31F6OPS/c52-50(53,54)36-17-10-15-34(29-36)49(35-16-11-18-37(30-35)51(55,56)57,45-26-27-46(60-45)59(58,39-19-3-1-4-20-39)40-21-5-2-6-22-40)38-28-33-14-9-24-42-41-23-7-12-32-13-8-25-43(47(32)41)44(31-38)48(33)42/h1-31H. The number of alkyl halides is 6. The molecule has 0 bridgehead atoms. The molecule has 0 aliphatic heterocycles. The molecule has 0 amide bonds. The van der Waals surface area contributed by atoms with E-state index in [9.17, 15) is 26.3 Å². The van der Waals surface area contributed by atoms with Gasteiger partial charge in [-0.2, -0.15) is 26.3 Å². The zero-order valence-electron chi connectivity index (χ0n) is 31.4. The molecule has 9 aromatic carbocycles. The van der Waals surface area contributed by atoms with Crippen LogP contribution >= 0.6 is 18.5 Å². The molecule has 294 valence electrons. The second-order valence-corrected chi connectivity index (χ2v) is 19.1. The van der Waals surface area contributed by atoms with Crippen LogP contribution in [0.5, 0.6) is 0 Å². The lowest BCUT2D eigenvalue weighted by Gasteiger charge is -2.37. The first kappa shape index (κ1) is 38.0. The van der Waals surface area contributed by atoms with Crippen molar-refractivity contribution in [1.29, 1.82) is 0 Å². The molecule has 1 heterocycles. The lowest BCUT2D eigenvalue weighted by molar-refractivity contribution is -0.138. The third-order valence-electron chi connectivity index (χ3n) is 11.7. The summed E-state index contributed by atoms with van der Waals surface area (Å²) in [5, 5.41) is 8.52. The molecule has 9 heteroatoms. The first-order valence-electron chi connectivity index (χ1n) is 19.2. The molecule has 0 unspecified atom stereocenters. The molecule has 0 radical (unpaired) electrons. The Labute approximate surface area is 344 Å². The quantitative estimate of drug-likeness (QED) is 0.0514. The summed E-state index contributed by atoms with van der Waals surface area (Å²) in [6.45, 7) is 0. The van der Waals surface area contributed by atoms with Crippen molar-refractivity contribution in [2.75, 3.05) is 0 Å². The summed E-state index contributed by atoms with van der Waals surface area (Å²) >= 11 is 1.14. The summed E-state index contributed by atoms with van der Waals surface area (Å²) in [5.74, 6) is 0. The molecule has 10 rings (SSSR count). The maximum absolute atomic E-state index is 15.8. The number of halogens is 6. The fraction of sp³-hybridized carbons (Fsp3) is 0.0588. The van der Waals surface area contributed by atoms with Gasteiger partial charge in [-0.15, -0.1) is 11.3 Å². The minimum Gasteiger partial charge on any atom is -0.308 e. The molecule has 10 aromatic rings. The fourth-order valence-electron chi connectivity index (χ4n) is 9.03. The van der Waals surface area contributed by atoms with Gasteiger partial charge < -0.3 is 4.57 Å². The van der Waals surface area contributed by atoms with Crippen LogP contribution in [0.25, 0.3) is 43.1 Å². The van der Waals surface area contributed by atoms with Crippen LogP contribution in [-0.4, -0.2) is 0 Å². The highest BCUT2D eigenvalue weighted by atomic mass is 32.1. The van der Waals surface area contributed by atoms with Gasteiger partial charge >= 0.3 is 12.4 Å². The van der Waals surface area contributed by atoms with Gasteiger partial charge in [-0.25, -0.2) is 0 Å². The summed E-state index contributed by atoms with van der Waals surface area (Å²) in [7, 11) is -3.63. The Morgan fingerprint density at radius 2 is 0.833 bits per heavy atom. The monoisotopic (exact) mass is 836 g/mol. The van der Waals surface area contributed by atoms with Crippen molar-refractivity contribution in [2.24, 2.45) is 0 Å². The van der Waals surface area contributed by atoms with Gasteiger partial charge in [0.2, 0.25) is 0 Å². The Balaban J connectivity index is 1.38. The van der Waals surface area contributed by atoms with Crippen LogP contribution in [0, 0.1) is 0 Å². The predicted octanol–water partition coefficient (Wildman–Crippen LogP) is 13.9. The normalized spacial score (nSPS) is 12.9. The molecule has 0 fully saturated rings. The fourth-order valence-corrected chi connectivity index (χ4v) is 13.8. The van der Waals surface area contributed by atoms with Crippen LogP contribution in [0.2, 0.25) is 0 Å². The second-order valence-electron chi connectivity index (χ2n) is 15.0. The Morgan fingerprint density at radius 3 is 1.35 bits per heavy atom. The van der Waals surface area contributed by atoms with E-state index in [1.807, 2.05) is 72.8 Å². The lowest BCUT2D eigenvalue weighted by Crippen LogP contribution is -2.31.